The van der Waals surface area contributed by atoms with Gasteiger partial charge in [0.05, 0.1) is 11.8 Å². The largest absolute Gasteiger partial charge is 0.454 e. The lowest BCUT2D eigenvalue weighted by molar-refractivity contribution is -0.149. The van der Waals surface area contributed by atoms with E-state index in [-0.39, 0.29) is 24.2 Å². The molecule has 0 aromatic carbocycles. The van der Waals surface area contributed by atoms with Crippen LogP contribution in [0, 0.1) is 13.8 Å². The number of thiophene rings is 1. The predicted octanol–water partition coefficient (Wildman–Crippen LogP) is 2.57. The molecule has 7 heteroatoms. The molecule has 2 aromatic rings. The molecule has 0 saturated carbocycles. The van der Waals surface area contributed by atoms with Gasteiger partial charge in [0.15, 0.2) is 11.9 Å². The lowest BCUT2D eigenvalue weighted by Crippen LogP contribution is -2.17. The van der Waals surface area contributed by atoms with E-state index in [4.69, 9.17) is 4.74 Å². The Morgan fingerprint density at radius 3 is 2.64 bits per heavy atom. The van der Waals surface area contributed by atoms with Crippen molar-refractivity contribution in [3.8, 4) is 0 Å². The number of aryl methyl sites for hydroxylation is 2. The molecule has 0 unspecified atom stereocenters. The van der Waals surface area contributed by atoms with Gasteiger partial charge in [-0.15, -0.1) is 11.3 Å². The molecule has 1 N–H and O–H groups in total. The number of hydrogen-bond acceptors (Lipinski definition) is 6. The molecule has 0 saturated heterocycles. The zero-order chi connectivity index (χ0) is 16.4. The number of Topliss-reactive ketones (excluding diaryl/α,β-unsaturated/α-hetero) is 1. The van der Waals surface area contributed by atoms with Gasteiger partial charge in [-0.25, -0.2) is 4.98 Å². The normalized spacial score (nSPS) is 12.4. The minimum Gasteiger partial charge on any atom is -0.454 e. The SMILES string of the molecule is CC(=O)CCC(=O)O[C@@H](C)c1nc2sc(C)c(C)c2c(=O)[nH]1. The summed E-state index contributed by atoms with van der Waals surface area (Å²) in [4.78, 5) is 43.4. The molecule has 0 spiro atoms. The molecule has 0 radical (unpaired) electrons. The van der Waals surface area contributed by atoms with Crippen molar-refractivity contribution in [2.45, 2.75) is 46.6 Å². The number of fused-ring (bicyclic) bond motifs is 1. The van der Waals surface area contributed by atoms with Crippen molar-refractivity contribution in [1.82, 2.24) is 9.97 Å². The van der Waals surface area contributed by atoms with E-state index >= 15 is 0 Å². The molecule has 118 valence electrons. The zero-order valence-electron chi connectivity index (χ0n) is 13.0. The molecule has 2 heterocycles. The second-order valence-electron chi connectivity index (χ2n) is 5.25. The minimum absolute atomic E-state index is 0.0311. The Morgan fingerprint density at radius 1 is 1.32 bits per heavy atom. The molecule has 0 aliphatic carbocycles. The summed E-state index contributed by atoms with van der Waals surface area (Å²) in [7, 11) is 0. The third-order valence-corrected chi connectivity index (χ3v) is 4.53. The van der Waals surface area contributed by atoms with Crippen molar-refractivity contribution in [3.05, 3.63) is 26.6 Å². The topological polar surface area (TPSA) is 89.1 Å². The maximum atomic E-state index is 12.2. The van der Waals surface area contributed by atoms with Gasteiger partial charge in [-0.2, -0.15) is 0 Å². The first kappa shape index (κ1) is 16.4. The van der Waals surface area contributed by atoms with Gasteiger partial charge >= 0.3 is 5.97 Å². The first-order chi connectivity index (χ1) is 10.3. The number of nitrogens with zero attached hydrogens (tertiary/aromatic N) is 1. The molecule has 0 amide bonds. The molecule has 0 aliphatic rings. The standard InChI is InChI=1S/C15H18N2O4S/c1-7(18)5-6-11(19)21-9(3)13-16-14(20)12-8(2)10(4)22-15(12)17-13/h9H,5-6H2,1-4H3,(H,16,17,20)/t9-/m0/s1. The Morgan fingerprint density at radius 2 is 2.00 bits per heavy atom. The van der Waals surface area contributed by atoms with Crippen LogP contribution in [0.3, 0.4) is 0 Å². The van der Waals surface area contributed by atoms with Crippen molar-refractivity contribution >= 4 is 33.3 Å². The number of hydrogen-bond donors (Lipinski definition) is 1. The highest BCUT2D eigenvalue weighted by atomic mass is 32.1. The molecular weight excluding hydrogens is 304 g/mol. The summed E-state index contributed by atoms with van der Waals surface area (Å²) in [5.41, 5.74) is 0.694. The highest BCUT2D eigenvalue weighted by Gasteiger charge is 2.18. The van der Waals surface area contributed by atoms with E-state index in [0.29, 0.717) is 16.0 Å². The van der Waals surface area contributed by atoms with E-state index in [9.17, 15) is 14.4 Å². The van der Waals surface area contributed by atoms with Crippen LogP contribution in [0.5, 0.6) is 0 Å². The van der Waals surface area contributed by atoms with Gasteiger partial charge in [0.1, 0.15) is 10.6 Å². The van der Waals surface area contributed by atoms with Gasteiger partial charge in [-0.05, 0) is 33.3 Å². The quantitative estimate of drug-likeness (QED) is 0.855. The van der Waals surface area contributed by atoms with E-state index in [1.54, 1.807) is 6.92 Å². The van der Waals surface area contributed by atoms with E-state index in [1.807, 2.05) is 13.8 Å². The molecule has 0 aliphatic heterocycles. The Bertz CT molecular complexity index is 791. The Labute approximate surface area is 131 Å². The number of nitrogens with one attached hydrogen (secondary N) is 1. The van der Waals surface area contributed by atoms with E-state index in [2.05, 4.69) is 9.97 Å². The molecule has 2 rings (SSSR count). The molecular formula is C15H18N2O4S. The summed E-state index contributed by atoms with van der Waals surface area (Å²) in [5, 5.41) is 0.585. The summed E-state index contributed by atoms with van der Waals surface area (Å²) < 4.78 is 5.21. The zero-order valence-corrected chi connectivity index (χ0v) is 13.8. The van der Waals surface area contributed by atoms with Crippen LogP contribution in [0.2, 0.25) is 0 Å². The number of ketones is 1. The summed E-state index contributed by atoms with van der Waals surface area (Å²) in [5.74, 6) is -0.235. The van der Waals surface area contributed by atoms with Crippen molar-refractivity contribution in [2.24, 2.45) is 0 Å². The van der Waals surface area contributed by atoms with Crippen LogP contribution in [0.15, 0.2) is 4.79 Å². The monoisotopic (exact) mass is 322 g/mol. The van der Waals surface area contributed by atoms with Crippen molar-refractivity contribution in [3.63, 3.8) is 0 Å². The summed E-state index contributed by atoms with van der Waals surface area (Å²) in [6.07, 6.45) is -0.486. The van der Waals surface area contributed by atoms with Crippen molar-refractivity contribution < 1.29 is 14.3 Å². The number of rotatable bonds is 5. The Kier molecular flexibility index (Phi) is 4.75. The summed E-state index contributed by atoms with van der Waals surface area (Å²) in [6, 6.07) is 0. The lowest BCUT2D eigenvalue weighted by Gasteiger charge is -2.12. The van der Waals surface area contributed by atoms with Crippen LogP contribution in [0.25, 0.3) is 10.2 Å². The van der Waals surface area contributed by atoms with Crippen LogP contribution in [-0.2, 0) is 14.3 Å². The predicted molar refractivity (Wildman–Crippen MR) is 84.1 cm³/mol. The smallest absolute Gasteiger partial charge is 0.306 e. The fourth-order valence-electron chi connectivity index (χ4n) is 2.05. The number of esters is 1. The third-order valence-electron chi connectivity index (χ3n) is 3.43. The summed E-state index contributed by atoms with van der Waals surface area (Å²) >= 11 is 1.44. The average molecular weight is 322 g/mol. The first-order valence-electron chi connectivity index (χ1n) is 6.98. The van der Waals surface area contributed by atoms with E-state index in [1.165, 1.54) is 18.3 Å². The third kappa shape index (κ3) is 3.41. The maximum absolute atomic E-state index is 12.2. The molecule has 0 fully saturated rings. The summed E-state index contributed by atoms with van der Waals surface area (Å²) in [6.45, 7) is 6.89. The highest BCUT2D eigenvalue weighted by Crippen LogP contribution is 2.26. The van der Waals surface area contributed by atoms with Gasteiger partial charge in [-0.1, -0.05) is 0 Å². The van der Waals surface area contributed by atoms with Gasteiger partial charge in [-0.3, -0.25) is 9.59 Å². The van der Waals surface area contributed by atoms with Gasteiger partial charge < -0.3 is 14.5 Å². The second-order valence-corrected chi connectivity index (χ2v) is 6.45. The van der Waals surface area contributed by atoms with E-state index < -0.39 is 12.1 Å². The highest BCUT2D eigenvalue weighted by molar-refractivity contribution is 7.18. The molecule has 2 aromatic heterocycles. The molecule has 1 atom stereocenters. The van der Waals surface area contributed by atoms with Crippen molar-refractivity contribution in [2.75, 3.05) is 0 Å². The Balaban J connectivity index is 2.22. The van der Waals surface area contributed by atoms with E-state index in [0.717, 1.165) is 10.4 Å². The maximum Gasteiger partial charge on any atom is 0.306 e. The van der Waals surface area contributed by atoms with Crippen LogP contribution in [0.1, 0.15) is 49.1 Å². The Hall–Kier alpha value is -2.02. The number of carbonyl (C=O) groups excluding carboxylic acids is 2. The van der Waals surface area contributed by atoms with Crippen molar-refractivity contribution in [1.29, 1.82) is 0 Å². The minimum atomic E-state index is -0.667. The van der Waals surface area contributed by atoms with Gasteiger partial charge in [0.25, 0.3) is 5.56 Å². The number of aromatic amines is 1. The average Bonchev–Trinajstić information content (AvgIpc) is 2.72. The second kappa shape index (κ2) is 6.39. The first-order valence-corrected chi connectivity index (χ1v) is 7.80. The van der Waals surface area contributed by atoms with Crippen LogP contribution in [0.4, 0.5) is 0 Å². The molecule has 0 bridgehead atoms. The van der Waals surface area contributed by atoms with Gasteiger partial charge in [0, 0.05) is 11.3 Å². The number of carbonyl (C=O) groups is 2. The van der Waals surface area contributed by atoms with Crippen LogP contribution < -0.4 is 5.56 Å². The molecule has 22 heavy (non-hydrogen) atoms. The van der Waals surface area contributed by atoms with Gasteiger partial charge in [0.2, 0.25) is 0 Å². The number of H-pyrrole nitrogens is 1. The fraction of sp³-hybridized carbons (Fsp3) is 0.467. The number of ether oxygens (including phenoxy) is 1. The molecule has 6 nitrogen and oxygen atoms in total. The fourth-order valence-corrected chi connectivity index (χ4v) is 3.09. The van der Waals surface area contributed by atoms with Crippen LogP contribution in [-0.4, -0.2) is 21.7 Å². The lowest BCUT2D eigenvalue weighted by atomic mass is 10.2. The number of aromatic nitrogens is 2. The van der Waals surface area contributed by atoms with Crippen LogP contribution >= 0.6 is 11.3 Å².